The zero-order chi connectivity index (χ0) is 35.6. The third kappa shape index (κ3) is 4.85. The van der Waals surface area contributed by atoms with E-state index in [1.165, 1.54) is 59.2 Å². The molecule has 54 heavy (non-hydrogen) atoms. The van der Waals surface area contributed by atoms with Gasteiger partial charge in [0.1, 0.15) is 0 Å². The minimum Gasteiger partial charge on any atom is -0.264 e. The van der Waals surface area contributed by atoms with Gasteiger partial charge in [0.15, 0.2) is 17.5 Å². The first kappa shape index (κ1) is 30.3. The van der Waals surface area contributed by atoms with Crippen molar-refractivity contribution in [1.82, 2.24) is 19.9 Å². The number of hydrogen-bond acceptors (Lipinski definition) is 4. The summed E-state index contributed by atoms with van der Waals surface area (Å²) in [7, 11) is 0. The first-order valence-electron chi connectivity index (χ1n) is 18.2. The predicted octanol–water partition coefficient (Wildman–Crippen LogP) is 12.9. The lowest BCUT2D eigenvalue weighted by molar-refractivity contribution is 1.07. The summed E-state index contributed by atoms with van der Waals surface area (Å²) in [5, 5.41) is 14.5. The van der Waals surface area contributed by atoms with Crippen molar-refractivity contribution < 1.29 is 0 Å². The van der Waals surface area contributed by atoms with Crippen LogP contribution in [-0.2, 0) is 0 Å². The molecule has 11 rings (SSSR count). The van der Waals surface area contributed by atoms with E-state index in [4.69, 9.17) is 15.0 Å². The Morgan fingerprint density at radius 2 is 0.852 bits per heavy atom. The highest BCUT2D eigenvalue weighted by Gasteiger charge is 2.17. The van der Waals surface area contributed by atoms with Gasteiger partial charge >= 0.3 is 0 Å². The van der Waals surface area contributed by atoms with E-state index in [-0.39, 0.29) is 0 Å². The molecule has 4 heteroatoms. The van der Waals surface area contributed by atoms with Crippen molar-refractivity contribution in [3.63, 3.8) is 0 Å². The molecule has 0 bridgehead atoms. The van der Waals surface area contributed by atoms with Gasteiger partial charge in [0.25, 0.3) is 0 Å². The maximum absolute atomic E-state index is 5.21. The molecule has 0 fully saturated rings. The van der Waals surface area contributed by atoms with Gasteiger partial charge in [0.2, 0.25) is 0 Å². The van der Waals surface area contributed by atoms with E-state index in [0.29, 0.717) is 17.5 Å². The zero-order valence-electron chi connectivity index (χ0n) is 29.1. The number of aromatic nitrogens is 4. The quantitative estimate of drug-likeness (QED) is 0.173. The highest BCUT2D eigenvalue weighted by Crippen LogP contribution is 2.41. The Morgan fingerprint density at radius 3 is 1.59 bits per heavy atom. The number of hydrogen-bond donors (Lipinski definition) is 0. The highest BCUT2D eigenvalue weighted by molar-refractivity contribution is 6.26. The van der Waals surface area contributed by atoms with Gasteiger partial charge in [-0.1, -0.05) is 146 Å². The second-order valence-corrected chi connectivity index (χ2v) is 13.8. The molecule has 2 aromatic heterocycles. The van der Waals surface area contributed by atoms with Gasteiger partial charge in [0, 0.05) is 34.5 Å². The van der Waals surface area contributed by atoms with Gasteiger partial charge in [0.05, 0.1) is 0 Å². The van der Waals surface area contributed by atoms with Crippen LogP contribution in [0.1, 0.15) is 0 Å². The van der Waals surface area contributed by atoms with Crippen molar-refractivity contribution in [2.24, 2.45) is 0 Å². The fraction of sp³-hybridized carbons (Fsp3) is 0. The van der Waals surface area contributed by atoms with Gasteiger partial charge in [-0.25, -0.2) is 15.0 Å². The van der Waals surface area contributed by atoms with Gasteiger partial charge in [-0.2, -0.15) is 0 Å². The SMILES string of the molecule is c1ccc(-c2nc(-c3cccc(-c4cc5cnccc5c5ccc6ccccc6c45)c3)nc(-c3ccc4c5ccccc5c5ccccc5c4c3)n2)cc1. The number of pyridine rings is 1. The average molecular weight is 687 g/mol. The summed E-state index contributed by atoms with van der Waals surface area (Å²) in [6, 6.07) is 60.2. The largest absolute Gasteiger partial charge is 0.264 e. The van der Waals surface area contributed by atoms with Crippen LogP contribution >= 0.6 is 0 Å². The Bertz CT molecular complexity index is 3240. The van der Waals surface area contributed by atoms with E-state index in [1.54, 1.807) is 0 Å². The van der Waals surface area contributed by atoms with Crippen LogP contribution in [0, 0.1) is 0 Å². The van der Waals surface area contributed by atoms with Crippen molar-refractivity contribution in [2.75, 3.05) is 0 Å². The predicted molar refractivity (Wildman–Crippen MR) is 224 cm³/mol. The van der Waals surface area contributed by atoms with Crippen LogP contribution in [-0.4, -0.2) is 19.9 Å². The maximum atomic E-state index is 5.21. The molecule has 11 aromatic rings. The molecule has 2 heterocycles. The van der Waals surface area contributed by atoms with Gasteiger partial charge in [-0.15, -0.1) is 0 Å². The molecule has 0 unspecified atom stereocenters. The first-order chi connectivity index (χ1) is 26.8. The minimum atomic E-state index is 0.626. The van der Waals surface area contributed by atoms with E-state index in [2.05, 4.69) is 157 Å². The number of fused-ring (bicyclic) bond motifs is 11. The summed E-state index contributed by atoms with van der Waals surface area (Å²) < 4.78 is 0. The topological polar surface area (TPSA) is 51.6 Å². The molecule has 0 radical (unpaired) electrons. The molecule has 0 saturated heterocycles. The van der Waals surface area contributed by atoms with Crippen LogP contribution in [0.15, 0.2) is 182 Å². The molecule has 0 amide bonds. The molecule has 9 aromatic carbocycles. The third-order valence-electron chi connectivity index (χ3n) is 10.7. The fourth-order valence-electron chi connectivity index (χ4n) is 8.23. The molecule has 0 atom stereocenters. The smallest absolute Gasteiger partial charge is 0.164 e. The molecular formula is C50H30N4. The van der Waals surface area contributed by atoms with E-state index in [1.807, 2.05) is 30.6 Å². The number of benzene rings is 9. The summed E-state index contributed by atoms with van der Waals surface area (Å²) in [6.07, 6.45) is 3.83. The van der Waals surface area contributed by atoms with Crippen molar-refractivity contribution in [3.8, 4) is 45.3 Å². The van der Waals surface area contributed by atoms with E-state index in [0.717, 1.165) is 33.2 Å². The van der Waals surface area contributed by atoms with Crippen molar-refractivity contribution in [2.45, 2.75) is 0 Å². The van der Waals surface area contributed by atoms with Gasteiger partial charge in [-0.3, -0.25) is 4.98 Å². The Morgan fingerprint density at radius 1 is 0.296 bits per heavy atom. The molecule has 0 N–H and O–H groups in total. The fourth-order valence-corrected chi connectivity index (χ4v) is 8.23. The Labute approximate surface area is 311 Å². The van der Waals surface area contributed by atoms with E-state index < -0.39 is 0 Å². The molecule has 250 valence electrons. The second kappa shape index (κ2) is 12.1. The lowest BCUT2D eigenvalue weighted by atomic mass is 9.90. The number of nitrogens with zero attached hydrogens (tertiary/aromatic N) is 4. The minimum absolute atomic E-state index is 0.626. The van der Waals surface area contributed by atoms with Gasteiger partial charge in [-0.05, 0) is 94.6 Å². The molecule has 0 saturated carbocycles. The van der Waals surface area contributed by atoms with Crippen molar-refractivity contribution in [1.29, 1.82) is 0 Å². The Hall–Kier alpha value is -7.30. The molecule has 0 aliphatic heterocycles. The van der Waals surface area contributed by atoms with Crippen molar-refractivity contribution in [3.05, 3.63) is 182 Å². The monoisotopic (exact) mass is 686 g/mol. The highest BCUT2D eigenvalue weighted by atomic mass is 15.0. The summed E-state index contributed by atoms with van der Waals surface area (Å²) in [5.74, 6) is 1.90. The summed E-state index contributed by atoms with van der Waals surface area (Å²) >= 11 is 0. The second-order valence-electron chi connectivity index (χ2n) is 13.8. The average Bonchev–Trinajstić information content (AvgIpc) is 3.26. The standard InChI is InChI=1S/C50H30N4/c1-2-12-32(13-3-1)48-52-49(54-50(53-48)35-22-23-43-41-19-7-6-17-39(41)40-18-8-9-20-42(40)46(43)28-35)34-15-10-14-33(27-34)45-29-36-30-51-26-25-37(36)44-24-21-31-11-4-5-16-38(31)47(44)45/h1-30H. The molecule has 0 spiro atoms. The molecule has 0 aliphatic rings. The third-order valence-corrected chi connectivity index (χ3v) is 10.7. The maximum Gasteiger partial charge on any atom is 0.164 e. The molecule has 0 aliphatic carbocycles. The first-order valence-corrected chi connectivity index (χ1v) is 18.2. The van der Waals surface area contributed by atoms with Crippen LogP contribution in [0.3, 0.4) is 0 Å². The summed E-state index contributed by atoms with van der Waals surface area (Å²) in [6.45, 7) is 0. The molecular weight excluding hydrogens is 657 g/mol. The van der Waals surface area contributed by atoms with Crippen LogP contribution < -0.4 is 0 Å². The van der Waals surface area contributed by atoms with Crippen molar-refractivity contribution >= 4 is 64.6 Å². The normalized spacial score (nSPS) is 11.7. The van der Waals surface area contributed by atoms with Crippen LogP contribution in [0.2, 0.25) is 0 Å². The van der Waals surface area contributed by atoms with Crippen LogP contribution in [0.25, 0.3) is 110 Å². The van der Waals surface area contributed by atoms with E-state index >= 15 is 0 Å². The Balaban J connectivity index is 1.13. The van der Waals surface area contributed by atoms with E-state index in [9.17, 15) is 0 Å². The zero-order valence-corrected chi connectivity index (χ0v) is 29.1. The summed E-state index contributed by atoms with van der Waals surface area (Å²) in [4.78, 5) is 19.9. The van der Waals surface area contributed by atoms with Gasteiger partial charge < -0.3 is 0 Å². The lowest BCUT2D eigenvalue weighted by Crippen LogP contribution is -2.00. The number of rotatable bonds is 4. The Kier molecular flexibility index (Phi) is 6.82. The lowest BCUT2D eigenvalue weighted by Gasteiger charge is -2.15. The van der Waals surface area contributed by atoms with Crippen LogP contribution in [0.5, 0.6) is 0 Å². The molecule has 4 nitrogen and oxygen atoms in total. The summed E-state index contributed by atoms with van der Waals surface area (Å²) in [5.41, 5.74) is 5.04. The van der Waals surface area contributed by atoms with Crippen LogP contribution in [0.4, 0.5) is 0 Å².